The van der Waals surface area contributed by atoms with Gasteiger partial charge in [-0.15, -0.1) is 0 Å². The highest BCUT2D eigenvalue weighted by molar-refractivity contribution is 6.09. The first kappa shape index (κ1) is 15.2. The minimum atomic E-state index is -1.10. The van der Waals surface area contributed by atoms with Crippen molar-refractivity contribution in [3.05, 3.63) is 34.9 Å². The zero-order chi connectivity index (χ0) is 16.9. The summed E-state index contributed by atoms with van der Waals surface area (Å²) in [6.07, 6.45) is 5.15. The number of amides is 4. The lowest BCUT2D eigenvalue weighted by Gasteiger charge is -2.23. The van der Waals surface area contributed by atoms with E-state index in [-0.39, 0.29) is 24.4 Å². The van der Waals surface area contributed by atoms with Crippen LogP contribution in [0.3, 0.4) is 0 Å². The van der Waals surface area contributed by atoms with E-state index in [1.54, 1.807) is 6.92 Å². The third-order valence-corrected chi connectivity index (χ3v) is 5.19. The van der Waals surface area contributed by atoms with Crippen molar-refractivity contribution in [1.29, 1.82) is 0 Å². The van der Waals surface area contributed by atoms with Crippen LogP contribution in [0.25, 0.3) is 0 Å². The van der Waals surface area contributed by atoms with Crippen molar-refractivity contribution >= 4 is 17.8 Å². The van der Waals surface area contributed by atoms with E-state index in [4.69, 9.17) is 0 Å². The minimum Gasteiger partial charge on any atom is -0.352 e. The van der Waals surface area contributed by atoms with E-state index in [1.807, 2.05) is 18.2 Å². The van der Waals surface area contributed by atoms with Gasteiger partial charge in [0.2, 0.25) is 5.91 Å². The Hall–Kier alpha value is -2.37. The maximum Gasteiger partial charge on any atom is 0.325 e. The van der Waals surface area contributed by atoms with Crippen molar-refractivity contribution in [3.8, 4) is 0 Å². The van der Waals surface area contributed by atoms with Crippen LogP contribution in [-0.2, 0) is 28.0 Å². The zero-order valence-corrected chi connectivity index (χ0v) is 13.7. The molecule has 1 atom stereocenters. The summed E-state index contributed by atoms with van der Waals surface area (Å²) in [6.45, 7) is 1.49. The maximum atomic E-state index is 12.8. The Labute approximate surface area is 140 Å². The number of fused-ring (bicyclic) bond motifs is 1. The number of nitrogens with one attached hydrogen (secondary N) is 2. The molecule has 1 saturated carbocycles. The van der Waals surface area contributed by atoms with Gasteiger partial charge in [0.1, 0.15) is 12.1 Å². The third kappa shape index (κ3) is 2.46. The van der Waals surface area contributed by atoms with Gasteiger partial charge in [-0.2, -0.15) is 0 Å². The molecule has 1 saturated heterocycles. The molecule has 1 aromatic carbocycles. The highest BCUT2D eigenvalue weighted by Gasteiger charge is 2.49. The average molecular weight is 327 g/mol. The smallest absolute Gasteiger partial charge is 0.325 e. The van der Waals surface area contributed by atoms with Crippen LogP contribution in [-0.4, -0.2) is 35.3 Å². The Kier molecular flexibility index (Phi) is 3.37. The molecular formula is C18H21N3O3. The molecular weight excluding hydrogens is 306 g/mol. The number of rotatable bonds is 4. The van der Waals surface area contributed by atoms with E-state index in [9.17, 15) is 14.4 Å². The molecule has 0 spiro atoms. The molecule has 3 aliphatic rings. The third-order valence-electron chi connectivity index (χ3n) is 5.19. The van der Waals surface area contributed by atoms with Crippen molar-refractivity contribution in [2.75, 3.05) is 6.54 Å². The Morgan fingerprint density at radius 1 is 1.29 bits per heavy atom. The fourth-order valence-corrected chi connectivity index (χ4v) is 3.56. The second-order valence-electron chi connectivity index (χ2n) is 7.13. The largest absolute Gasteiger partial charge is 0.352 e. The summed E-state index contributed by atoms with van der Waals surface area (Å²) in [4.78, 5) is 38.1. The summed E-state index contributed by atoms with van der Waals surface area (Å²) in [5.41, 5.74) is 2.25. The molecule has 1 aromatic rings. The van der Waals surface area contributed by atoms with Crippen molar-refractivity contribution in [1.82, 2.24) is 15.5 Å². The molecule has 2 aliphatic carbocycles. The number of carbonyl (C=O) groups excluding carboxylic acids is 3. The number of nitrogens with zero attached hydrogens (tertiary/aromatic N) is 1. The second kappa shape index (κ2) is 5.33. The van der Waals surface area contributed by atoms with E-state index in [0.717, 1.165) is 42.6 Å². The standard InChI is InChI=1S/C18H21N3O3/c1-18(13-6-5-11-3-2-4-12(11)9-13)16(23)21(17(24)20-18)10-15(22)19-14-7-8-14/h5-6,9,14H,2-4,7-8,10H2,1H3,(H,19,22)(H,20,24). The van der Waals surface area contributed by atoms with Crippen molar-refractivity contribution in [2.45, 2.75) is 50.6 Å². The highest BCUT2D eigenvalue weighted by Crippen LogP contribution is 2.32. The Bertz CT molecular complexity index is 741. The molecule has 4 rings (SSSR count). The number of aryl methyl sites for hydroxylation is 2. The maximum absolute atomic E-state index is 12.8. The lowest BCUT2D eigenvalue weighted by Crippen LogP contribution is -2.43. The first-order valence-corrected chi connectivity index (χ1v) is 8.53. The van der Waals surface area contributed by atoms with E-state index >= 15 is 0 Å². The van der Waals surface area contributed by atoms with Gasteiger partial charge >= 0.3 is 6.03 Å². The van der Waals surface area contributed by atoms with E-state index in [2.05, 4.69) is 10.6 Å². The predicted octanol–water partition coefficient (Wildman–Crippen LogP) is 1.22. The van der Waals surface area contributed by atoms with Crippen molar-refractivity contribution in [3.63, 3.8) is 0 Å². The Balaban J connectivity index is 1.55. The molecule has 126 valence electrons. The molecule has 2 N–H and O–H groups in total. The molecule has 4 amide bonds. The monoisotopic (exact) mass is 327 g/mol. The SMILES string of the molecule is CC1(c2ccc3c(c2)CCC3)NC(=O)N(CC(=O)NC2CC2)C1=O. The van der Waals surface area contributed by atoms with Crippen LogP contribution in [0.4, 0.5) is 4.79 Å². The number of hydrogen-bond acceptors (Lipinski definition) is 3. The molecule has 2 fully saturated rings. The molecule has 6 heteroatoms. The van der Waals surface area contributed by atoms with Crippen LogP contribution in [0.1, 0.15) is 42.9 Å². The second-order valence-corrected chi connectivity index (χ2v) is 7.13. The van der Waals surface area contributed by atoms with Gasteiger partial charge in [0.15, 0.2) is 0 Å². The first-order chi connectivity index (χ1) is 11.5. The molecule has 1 aliphatic heterocycles. The molecule has 6 nitrogen and oxygen atoms in total. The van der Waals surface area contributed by atoms with Gasteiger partial charge in [-0.3, -0.25) is 14.5 Å². The summed E-state index contributed by atoms with van der Waals surface area (Å²) in [7, 11) is 0. The molecule has 0 radical (unpaired) electrons. The lowest BCUT2D eigenvalue weighted by molar-refractivity contribution is -0.134. The van der Waals surface area contributed by atoms with Crippen molar-refractivity contribution in [2.24, 2.45) is 0 Å². The summed E-state index contributed by atoms with van der Waals surface area (Å²) in [5, 5.41) is 5.58. The number of hydrogen-bond donors (Lipinski definition) is 2. The first-order valence-electron chi connectivity index (χ1n) is 8.53. The number of benzene rings is 1. The van der Waals surface area contributed by atoms with Gasteiger partial charge < -0.3 is 10.6 Å². The van der Waals surface area contributed by atoms with Gasteiger partial charge in [-0.25, -0.2) is 4.79 Å². The minimum absolute atomic E-state index is 0.210. The molecule has 0 bridgehead atoms. The molecule has 0 aromatic heterocycles. The fourth-order valence-electron chi connectivity index (χ4n) is 3.56. The fraction of sp³-hybridized carbons (Fsp3) is 0.500. The number of imide groups is 1. The van der Waals surface area contributed by atoms with Gasteiger partial charge in [-0.05, 0) is 55.7 Å². The normalized spacial score (nSPS) is 25.6. The lowest BCUT2D eigenvalue weighted by atomic mass is 9.89. The molecule has 24 heavy (non-hydrogen) atoms. The van der Waals surface area contributed by atoms with Gasteiger partial charge in [0, 0.05) is 6.04 Å². The Morgan fingerprint density at radius 2 is 2.04 bits per heavy atom. The van der Waals surface area contributed by atoms with Crippen LogP contribution in [0.2, 0.25) is 0 Å². The van der Waals surface area contributed by atoms with Crippen LogP contribution >= 0.6 is 0 Å². The molecule has 1 heterocycles. The topological polar surface area (TPSA) is 78.5 Å². The van der Waals surface area contributed by atoms with Crippen LogP contribution in [0, 0.1) is 0 Å². The molecule has 1 unspecified atom stereocenters. The quantitative estimate of drug-likeness (QED) is 0.816. The summed E-state index contributed by atoms with van der Waals surface area (Å²) in [6, 6.07) is 5.69. The van der Waals surface area contributed by atoms with E-state index in [0.29, 0.717) is 0 Å². The van der Waals surface area contributed by atoms with Crippen LogP contribution in [0.15, 0.2) is 18.2 Å². The Morgan fingerprint density at radius 3 is 2.79 bits per heavy atom. The average Bonchev–Trinajstić information content (AvgIpc) is 3.18. The van der Waals surface area contributed by atoms with E-state index < -0.39 is 11.6 Å². The van der Waals surface area contributed by atoms with Crippen LogP contribution in [0.5, 0.6) is 0 Å². The van der Waals surface area contributed by atoms with Gasteiger partial charge in [-0.1, -0.05) is 18.2 Å². The summed E-state index contributed by atoms with van der Waals surface area (Å²) in [5.74, 6) is -0.643. The number of urea groups is 1. The van der Waals surface area contributed by atoms with Crippen LogP contribution < -0.4 is 10.6 Å². The zero-order valence-electron chi connectivity index (χ0n) is 13.7. The van der Waals surface area contributed by atoms with E-state index in [1.165, 1.54) is 11.1 Å². The predicted molar refractivity (Wildman–Crippen MR) is 87.2 cm³/mol. The summed E-state index contributed by atoms with van der Waals surface area (Å²) >= 11 is 0. The number of carbonyl (C=O) groups is 3. The van der Waals surface area contributed by atoms with Gasteiger partial charge in [0.05, 0.1) is 0 Å². The van der Waals surface area contributed by atoms with Gasteiger partial charge in [0.25, 0.3) is 5.91 Å². The highest BCUT2D eigenvalue weighted by atomic mass is 16.2. The summed E-state index contributed by atoms with van der Waals surface area (Å²) < 4.78 is 0. The van der Waals surface area contributed by atoms with Crippen molar-refractivity contribution < 1.29 is 14.4 Å².